The maximum Gasteiger partial charge on any atom is 0.150 e. The Bertz CT molecular complexity index is 1630. The van der Waals surface area contributed by atoms with Crippen molar-refractivity contribution in [2.75, 3.05) is 4.90 Å². The normalized spacial score (nSPS) is 11.1. The van der Waals surface area contributed by atoms with E-state index < -0.39 is 0 Å². The molecular weight excluding hydrogens is 440 g/mol. The minimum absolute atomic E-state index is 0.691. The Morgan fingerprint density at radius 1 is 0.667 bits per heavy atom. The molecule has 1 heterocycles. The summed E-state index contributed by atoms with van der Waals surface area (Å²) in [4.78, 5) is 14.1. The minimum Gasteiger partial charge on any atom is -0.340 e. The van der Waals surface area contributed by atoms with E-state index in [1.807, 2.05) is 24.3 Å². The van der Waals surface area contributed by atoms with Crippen LogP contribution in [0.2, 0.25) is 0 Å². The Kier molecular flexibility index (Phi) is 5.59. The molecule has 0 N–H and O–H groups in total. The van der Waals surface area contributed by atoms with Crippen molar-refractivity contribution in [1.82, 2.24) is 4.57 Å². The van der Waals surface area contributed by atoms with Gasteiger partial charge in [0.15, 0.2) is 0 Å². The first-order chi connectivity index (χ1) is 17.8. The van der Waals surface area contributed by atoms with Crippen molar-refractivity contribution in [2.24, 2.45) is 0 Å². The van der Waals surface area contributed by atoms with Crippen LogP contribution < -0.4 is 4.90 Å². The van der Waals surface area contributed by atoms with Gasteiger partial charge in [0.05, 0.1) is 5.52 Å². The van der Waals surface area contributed by atoms with Gasteiger partial charge in [-0.15, -0.1) is 0 Å². The van der Waals surface area contributed by atoms with Crippen LogP contribution in [0.3, 0.4) is 0 Å². The molecule has 3 nitrogen and oxygen atoms in total. The first-order valence-electron chi connectivity index (χ1n) is 12.3. The van der Waals surface area contributed by atoms with Gasteiger partial charge in [0.25, 0.3) is 0 Å². The van der Waals surface area contributed by atoms with Crippen LogP contribution in [0.25, 0.3) is 32.9 Å². The van der Waals surface area contributed by atoms with Crippen molar-refractivity contribution < 1.29 is 4.79 Å². The molecule has 0 amide bonds. The first kappa shape index (κ1) is 21.9. The van der Waals surface area contributed by atoms with Crippen LogP contribution in [0.4, 0.5) is 17.1 Å². The molecule has 0 spiro atoms. The Balaban J connectivity index is 1.53. The van der Waals surface area contributed by atoms with E-state index in [4.69, 9.17) is 0 Å². The summed E-state index contributed by atoms with van der Waals surface area (Å²) in [7, 11) is 0. The van der Waals surface area contributed by atoms with Gasteiger partial charge in [-0.25, -0.2) is 0 Å². The highest BCUT2D eigenvalue weighted by Gasteiger charge is 2.17. The molecule has 0 fully saturated rings. The van der Waals surface area contributed by atoms with Gasteiger partial charge < -0.3 is 9.47 Å². The van der Waals surface area contributed by atoms with Crippen molar-refractivity contribution in [3.63, 3.8) is 0 Å². The lowest BCUT2D eigenvalue weighted by atomic mass is 9.98. The number of carbonyl (C=O) groups is 1. The second-order valence-corrected chi connectivity index (χ2v) is 8.90. The van der Waals surface area contributed by atoms with E-state index in [1.54, 1.807) is 0 Å². The predicted molar refractivity (Wildman–Crippen MR) is 151 cm³/mol. The number of aryl methyl sites for hydroxylation is 1. The number of hydrogen-bond donors (Lipinski definition) is 0. The first-order valence-corrected chi connectivity index (χ1v) is 12.3. The molecule has 6 aromatic rings. The summed E-state index contributed by atoms with van der Waals surface area (Å²) in [5.74, 6) is 0. The lowest BCUT2D eigenvalue weighted by molar-refractivity contribution is 0.112. The fraction of sp³-hybridized carbons (Fsp3) is 0.0606. The number of benzene rings is 5. The Hall–Kier alpha value is -4.63. The molecule has 0 radical (unpaired) electrons. The SMILES string of the molecule is CCn1c2ccccc2c2cc(C=O)cc(-c3ccc(N(c4ccccc4)c4ccccc4)cc3)c21. The van der Waals surface area contributed by atoms with E-state index in [9.17, 15) is 4.79 Å². The number of anilines is 3. The van der Waals surface area contributed by atoms with Crippen LogP contribution in [-0.4, -0.2) is 10.9 Å². The average Bonchev–Trinajstić information content (AvgIpc) is 3.28. The number of fused-ring (bicyclic) bond motifs is 3. The lowest BCUT2D eigenvalue weighted by Crippen LogP contribution is -2.09. The van der Waals surface area contributed by atoms with Gasteiger partial charge in [-0.05, 0) is 67.1 Å². The molecule has 1 aromatic heterocycles. The molecule has 3 heteroatoms. The Morgan fingerprint density at radius 3 is 1.86 bits per heavy atom. The number of hydrogen-bond acceptors (Lipinski definition) is 2. The summed E-state index contributed by atoms with van der Waals surface area (Å²) in [5.41, 5.74) is 8.50. The molecule has 36 heavy (non-hydrogen) atoms. The third kappa shape index (κ3) is 3.66. The summed E-state index contributed by atoms with van der Waals surface area (Å²) in [6.45, 7) is 3.02. The van der Waals surface area contributed by atoms with E-state index >= 15 is 0 Å². The summed E-state index contributed by atoms with van der Waals surface area (Å²) in [6.07, 6.45) is 0.946. The number of aldehydes is 1. The highest BCUT2D eigenvalue weighted by Crippen LogP contribution is 2.39. The molecular formula is C33H26N2O. The molecule has 0 saturated carbocycles. The molecule has 0 saturated heterocycles. The third-order valence-electron chi connectivity index (χ3n) is 6.80. The van der Waals surface area contributed by atoms with Crippen molar-refractivity contribution in [3.8, 4) is 11.1 Å². The summed E-state index contributed by atoms with van der Waals surface area (Å²) in [5, 5.41) is 2.29. The maximum absolute atomic E-state index is 11.9. The van der Waals surface area contributed by atoms with Crippen LogP contribution in [-0.2, 0) is 6.54 Å². The molecule has 5 aromatic carbocycles. The molecule has 0 aliphatic rings. The number of nitrogens with zero attached hydrogens (tertiary/aromatic N) is 2. The van der Waals surface area contributed by atoms with Gasteiger partial charge in [-0.1, -0.05) is 66.7 Å². The largest absolute Gasteiger partial charge is 0.340 e. The fourth-order valence-corrected chi connectivity index (χ4v) is 5.22. The third-order valence-corrected chi connectivity index (χ3v) is 6.80. The van der Waals surface area contributed by atoms with Gasteiger partial charge in [-0.2, -0.15) is 0 Å². The topological polar surface area (TPSA) is 25.2 Å². The monoisotopic (exact) mass is 466 g/mol. The summed E-state index contributed by atoms with van der Waals surface area (Å²) in [6, 6.07) is 41.9. The van der Waals surface area contributed by atoms with E-state index in [1.165, 1.54) is 16.4 Å². The molecule has 0 bridgehead atoms. The molecule has 0 unspecified atom stereocenters. The lowest BCUT2D eigenvalue weighted by Gasteiger charge is -2.25. The van der Waals surface area contributed by atoms with E-state index in [0.29, 0.717) is 5.56 Å². The van der Waals surface area contributed by atoms with Crippen LogP contribution >= 0.6 is 0 Å². The zero-order valence-electron chi connectivity index (χ0n) is 20.1. The maximum atomic E-state index is 11.9. The zero-order valence-corrected chi connectivity index (χ0v) is 20.1. The number of carbonyl (C=O) groups excluding carboxylic acids is 1. The molecule has 0 aliphatic heterocycles. The van der Waals surface area contributed by atoms with Crippen molar-refractivity contribution in [3.05, 3.63) is 127 Å². The highest BCUT2D eigenvalue weighted by atomic mass is 16.1. The van der Waals surface area contributed by atoms with Gasteiger partial charge in [-0.3, -0.25) is 4.79 Å². The van der Waals surface area contributed by atoms with E-state index in [-0.39, 0.29) is 0 Å². The van der Waals surface area contributed by atoms with Crippen LogP contribution in [0.1, 0.15) is 17.3 Å². The van der Waals surface area contributed by atoms with E-state index in [0.717, 1.165) is 46.4 Å². The predicted octanol–water partition coefficient (Wildman–Crippen LogP) is 8.76. The highest BCUT2D eigenvalue weighted by molar-refractivity contribution is 6.14. The van der Waals surface area contributed by atoms with Crippen molar-refractivity contribution in [1.29, 1.82) is 0 Å². The second-order valence-electron chi connectivity index (χ2n) is 8.90. The smallest absolute Gasteiger partial charge is 0.150 e. The Labute approximate surface area is 210 Å². The Morgan fingerprint density at radius 2 is 1.25 bits per heavy atom. The fourth-order valence-electron chi connectivity index (χ4n) is 5.22. The van der Waals surface area contributed by atoms with Crippen molar-refractivity contribution in [2.45, 2.75) is 13.5 Å². The summed E-state index contributed by atoms with van der Waals surface area (Å²) >= 11 is 0. The van der Waals surface area contributed by atoms with Crippen molar-refractivity contribution >= 4 is 45.2 Å². The standard InChI is InChI=1S/C33H26N2O/c1-2-34-32-16-10-9-15-29(32)31-22-24(23-36)21-30(33(31)34)25-17-19-28(20-18-25)35(26-11-5-3-6-12-26)27-13-7-4-8-14-27/h3-23H,2H2,1H3. The zero-order chi connectivity index (χ0) is 24.5. The van der Waals surface area contributed by atoms with E-state index in [2.05, 4.69) is 113 Å². The minimum atomic E-state index is 0.691. The average molecular weight is 467 g/mol. The van der Waals surface area contributed by atoms with Gasteiger partial charge >= 0.3 is 0 Å². The van der Waals surface area contributed by atoms with Crippen LogP contribution in [0, 0.1) is 0 Å². The quantitative estimate of drug-likeness (QED) is 0.229. The molecule has 0 atom stereocenters. The summed E-state index contributed by atoms with van der Waals surface area (Å²) < 4.78 is 2.35. The van der Waals surface area contributed by atoms with Crippen LogP contribution in [0.15, 0.2) is 121 Å². The van der Waals surface area contributed by atoms with Gasteiger partial charge in [0, 0.05) is 51.0 Å². The van der Waals surface area contributed by atoms with Gasteiger partial charge in [0.1, 0.15) is 6.29 Å². The molecule has 174 valence electrons. The molecule has 6 rings (SSSR count). The molecule has 0 aliphatic carbocycles. The second kappa shape index (κ2) is 9.20. The van der Waals surface area contributed by atoms with Crippen LogP contribution in [0.5, 0.6) is 0 Å². The number of para-hydroxylation sites is 3. The van der Waals surface area contributed by atoms with Gasteiger partial charge in [0.2, 0.25) is 0 Å². The number of rotatable bonds is 6. The number of aromatic nitrogens is 1.